The van der Waals surface area contributed by atoms with Gasteiger partial charge in [-0.15, -0.1) is 0 Å². The number of para-hydroxylation sites is 2. The molecule has 5 N–H and O–H groups in total. The molecule has 1 aliphatic heterocycles. The minimum Gasteiger partial charge on any atom is -0.508 e. The van der Waals surface area contributed by atoms with Gasteiger partial charge in [-0.3, -0.25) is 10.1 Å². The van der Waals surface area contributed by atoms with Crippen molar-refractivity contribution in [1.29, 1.82) is 0 Å². The number of phenolic OH excluding ortho intramolecular Hbond substituents is 1. The van der Waals surface area contributed by atoms with Gasteiger partial charge in [0.2, 0.25) is 12.7 Å². The van der Waals surface area contributed by atoms with E-state index in [0.717, 1.165) is 0 Å². The van der Waals surface area contributed by atoms with Crippen molar-refractivity contribution in [2.24, 2.45) is 5.92 Å². The third-order valence-corrected chi connectivity index (χ3v) is 5.32. The van der Waals surface area contributed by atoms with Gasteiger partial charge in [-0.1, -0.05) is 37.3 Å². The van der Waals surface area contributed by atoms with E-state index in [1.54, 1.807) is 60.7 Å². The van der Waals surface area contributed by atoms with Gasteiger partial charge in [0.05, 0.1) is 11.4 Å². The summed E-state index contributed by atoms with van der Waals surface area (Å²) < 4.78 is 16.3. The maximum absolute atomic E-state index is 12.7. The smallest absolute Gasteiger partial charge is 0.412 e. The van der Waals surface area contributed by atoms with Crippen molar-refractivity contribution in [1.82, 2.24) is 0 Å². The summed E-state index contributed by atoms with van der Waals surface area (Å²) in [5, 5.41) is 15.0. The van der Waals surface area contributed by atoms with E-state index in [2.05, 4.69) is 10.6 Å². The van der Waals surface area contributed by atoms with Crippen LogP contribution in [0.1, 0.15) is 18.6 Å². The molecule has 0 saturated carbocycles. The molecule has 0 radical (unpaired) electrons. The first kappa shape index (κ1) is 23.5. The summed E-state index contributed by atoms with van der Waals surface area (Å²) in [6, 6.07) is 18.3. The predicted octanol–water partition coefficient (Wildman–Crippen LogP) is 4.82. The standard InChI is InChI=1S/C26H25N3O6/c1-16(6-13-24(31)29-21-5-3-2-4-20(21)27)25(17-7-10-19(30)11-8-17)35-26(32)28-18-9-12-22-23(14-18)34-15-33-22/h2-14,16,25,30H,15,27H2,1H3,(H,28,32)(H,29,31)/b13-6+/t16-,25+/m1/s1. The molecular formula is C26H25N3O6. The van der Waals surface area contributed by atoms with E-state index in [0.29, 0.717) is 34.1 Å². The van der Waals surface area contributed by atoms with Crippen molar-refractivity contribution in [3.05, 3.63) is 84.4 Å². The second-order valence-electron chi connectivity index (χ2n) is 7.91. The van der Waals surface area contributed by atoms with Crippen molar-refractivity contribution in [2.45, 2.75) is 13.0 Å². The first-order valence-corrected chi connectivity index (χ1v) is 10.9. The number of nitrogens with two attached hydrogens (primary N) is 1. The zero-order valence-corrected chi connectivity index (χ0v) is 18.9. The van der Waals surface area contributed by atoms with Gasteiger partial charge in [0, 0.05) is 17.7 Å². The van der Waals surface area contributed by atoms with Gasteiger partial charge in [-0.25, -0.2) is 4.79 Å². The molecule has 1 heterocycles. The van der Waals surface area contributed by atoms with Gasteiger partial charge in [0.15, 0.2) is 11.5 Å². The van der Waals surface area contributed by atoms with E-state index in [9.17, 15) is 14.7 Å². The van der Waals surface area contributed by atoms with Crippen LogP contribution in [0.15, 0.2) is 78.9 Å². The second kappa shape index (κ2) is 10.5. The Hall–Kier alpha value is -4.66. The van der Waals surface area contributed by atoms with Crippen LogP contribution in [0.5, 0.6) is 17.2 Å². The van der Waals surface area contributed by atoms with Crippen LogP contribution in [0.4, 0.5) is 21.9 Å². The fourth-order valence-electron chi connectivity index (χ4n) is 3.51. The van der Waals surface area contributed by atoms with E-state index in [-0.39, 0.29) is 24.4 Å². The van der Waals surface area contributed by atoms with Crippen LogP contribution in [-0.4, -0.2) is 23.9 Å². The van der Waals surface area contributed by atoms with Gasteiger partial charge in [-0.05, 0) is 48.0 Å². The first-order chi connectivity index (χ1) is 16.9. The van der Waals surface area contributed by atoms with Crippen LogP contribution in [0.3, 0.4) is 0 Å². The Kier molecular flexibility index (Phi) is 7.06. The van der Waals surface area contributed by atoms with Crippen molar-refractivity contribution in [3.8, 4) is 17.2 Å². The molecule has 9 heteroatoms. The molecule has 3 aromatic carbocycles. The Labute approximate surface area is 202 Å². The molecular weight excluding hydrogens is 450 g/mol. The lowest BCUT2D eigenvalue weighted by Gasteiger charge is -2.23. The van der Waals surface area contributed by atoms with Gasteiger partial charge in [0.1, 0.15) is 11.9 Å². The monoisotopic (exact) mass is 475 g/mol. The molecule has 35 heavy (non-hydrogen) atoms. The normalized spacial score (nSPS) is 13.7. The van der Waals surface area contributed by atoms with Crippen LogP contribution in [0.2, 0.25) is 0 Å². The quantitative estimate of drug-likeness (QED) is 0.284. The molecule has 9 nitrogen and oxygen atoms in total. The lowest BCUT2D eigenvalue weighted by molar-refractivity contribution is -0.111. The van der Waals surface area contributed by atoms with Crippen LogP contribution in [-0.2, 0) is 9.53 Å². The SMILES string of the molecule is C[C@H](/C=C/C(=O)Nc1ccccc1N)[C@H](OC(=O)Nc1ccc2c(c1)OCO2)c1ccc(O)cc1. The van der Waals surface area contributed by atoms with E-state index < -0.39 is 12.2 Å². The lowest BCUT2D eigenvalue weighted by atomic mass is 9.96. The fraction of sp³-hybridized carbons (Fsp3) is 0.154. The lowest BCUT2D eigenvalue weighted by Crippen LogP contribution is -2.21. The second-order valence-corrected chi connectivity index (χ2v) is 7.91. The summed E-state index contributed by atoms with van der Waals surface area (Å²) in [5.74, 6) is 0.449. The number of nitrogens with one attached hydrogen (secondary N) is 2. The number of hydrogen-bond acceptors (Lipinski definition) is 7. The number of benzene rings is 3. The van der Waals surface area contributed by atoms with Crippen molar-refractivity contribution < 1.29 is 28.9 Å². The number of fused-ring (bicyclic) bond motifs is 1. The topological polar surface area (TPSA) is 132 Å². The van der Waals surface area contributed by atoms with Crippen molar-refractivity contribution >= 4 is 29.1 Å². The van der Waals surface area contributed by atoms with Crippen LogP contribution < -0.4 is 25.8 Å². The number of rotatable bonds is 7. The number of phenols is 1. The number of anilines is 3. The Balaban J connectivity index is 1.46. The summed E-state index contributed by atoms with van der Waals surface area (Å²) in [6.45, 7) is 1.94. The number of carbonyl (C=O) groups excluding carboxylic acids is 2. The molecule has 4 rings (SSSR count). The molecule has 0 fully saturated rings. The van der Waals surface area contributed by atoms with Gasteiger partial charge in [-0.2, -0.15) is 0 Å². The molecule has 0 unspecified atom stereocenters. The van der Waals surface area contributed by atoms with Crippen molar-refractivity contribution in [3.63, 3.8) is 0 Å². The number of aromatic hydroxyl groups is 1. The molecule has 0 spiro atoms. The fourth-order valence-corrected chi connectivity index (χ4v) is 3.51. The Morgan fingerprint density at radius 3 is 2.54 bits per heavy atom. The maximum atomic E-state index is 12.7. The Morgan fingerprint density at radius 2 is 1.77 bits per heavy atom. The van der Waals surface area contributed by atoms with Crippen LogP contribution in [0.25, 0.3) is 0 Å². The van der Waals surface area contributed by atoms with Crippen molar-refractivity contribution in [2.75, 3.05) is 23.2 Å². The van der Waals surface area contributed by atoms with Crippen LogP contribution in [0, 0.1) is 5.92 Å². The molecule has 0 aliphatic carbocycles. The number of amides is 2. The van der Waals surface area contributed by atoms with E-state index >= 15 is 0 Å². The highest BCUT2D eigenvalue weighted by Gasteiger charge is 2.23. The molecule has 2 atom stereocenters. The molecule has 180 valence electrons. The maximum Gasteiger partial charge on any atom is 0.412 e. The summed E-state index contributed by atoms with van der Waals surface area (Å²) >= 11 is 0. The average molecular weight is 476 g/mol. The van der Waals surface area contributed by atoms with Gasteiger partial charge >= 0.3 is 6.09 Å². The minimum absolute atomic E-state index is 0.0836. The first-order valence-electron chi connectivity index (χ1n) is 10.9. The van der Waals surface area contributed by atoms with Crippen LogP contribution >= 0.6 is 0 Å². The Bertz CT molecular complexity index is 1240. The predicted molar refractivity (Wildman–Crippen MR) is 131 cm³/mol. The molecule has 0 saturated heterocycles. The molecule has 1 aliphatic rings. The van der Waals surface area contributed by atoms with Gasteiger partial charge < -0.3 is 30.4 Å². The third kappa shape index (κ3) is 6.02. The highest BCUT2D eigenvalue weighted by atomic mass is 16.7. The largest absolute Gasteiger partial charge is 0.508 e. The van der Waals surface area contributed by atoms with E-state index in [1.807, 2.05) is 6.92 Å². The minimum atomic E-state index is -0.740. The zero-order chi connectivity index (χ0) is 24.8. The molecule has 3 aromatic rings. The average Bonchev–Trinajstić information content (AvgIpc) is 3.31. The third-order valence-electron chi connectivity index (χ3n) is 5.32. The van der Waals surface area contributed by atoms with E-state index in [1.165, 1.54) is 18.2 Å². The van der Waals surface area contributed by atoms with E-state index in [4.69, 9.17) is 19.9 Å². The number of carbonyl (C=O) groups is 2. The molecule has 0 aromatic heterocycles. The highest BCUT2D eigenvalue weighted by Crippen LogP contribution is 2.35. The molecule has 2 amide bonds. The number of ether oxygens (including phenoxy) is 3. The summed E-state index contributed by atoms with van der Waals surface area (Å²) in [4.78, 5) is 25.1. The summed E-state index contributed by atoms with van der Waals surface area (Å²) in [5.41, 5.74) is 7.95. The summed E-state index contributed by atoms with van der Waals surface area (Å²) in [6.07, 6.45) is 1.57. The van der Waals surface area contributed by atoms with Gasteiger partial charge in [0.25, 0.3) is 0 Å². The Morgan fingerprint density at radius 1 is 1.03 bits per heavy atom. The number of nitrogen functional groups attached to an aromatic ring is 1. The highest BCUT2D eigenvalue weighted by molar-refractivity contribution is 6.01. The summed E-state index contributed by atoms with van der Waals surface area (Å²) in [7, 11) is 0. The number of hydrogen-bond donors (Lipinski definition) is 4. The molecule has 0 bridgehead atoms. The zero-order valence-electron chi connectivity index (χ0n) is 18.9.